The predicted octanol–water partition coefficient (Wildman–Crippen LogP) is -0.748. The Morgan fingerprint density at radius 1 is 1.23 bits per heavy atom. The summed E-state index contributed by atoms with van der Waals surface area (Å²) in [6, 6.07) is 0. The molecule has 0 aliphatic heterocycles. The molecule has 1 aliphatic rings. The van der Waals surface area contributed by atoms with Crippen LogP contribution in [0.25, 0.3) is 0 Å². The van der Waals surface area contributed by atoms with E-state index in [1.807, 2.05) is 0 Å². The summed E-state index contributed by atoms with van der Waals surface area (Å²) in [5, 5.41) is 17.4. The zero-order valence-electron chi connectivity index (χ0n) is 7.78. The molecule has 0 aromatic rings. The van der Waals surface area contributed by atoms with Crippen molar-refractivity contribution in [3.05, 3.63) is 0 Å². The Hall–Kier alpha value is -0.450. The molecule has 13 heavy (non-hydrogen) atoms. The van der Waals surface area contributed by atoms with Crippen molar-refractivity contribution in [3.8, 4) is 0 Å². The van der Waals surface area contributed by atoms with E-state index in [9.17, 15) is 4.79 Å². The highest BCUT2D eigenvalue weighted by Gasteiger charge is 2.30. The van der Waals surface area contributed by atoms with Crippen molar-refractivity contribution in [2.75, 3.05) is 32.8 Å². The van der Waals surface area contributed by atoms with Crippen LogP contribution in [0.5, 0.6) is 0 Å². The maximum Gasteiger partial charge on any atom is 0.149 e. The topological polar surface area (TPSA) is 60.8 Å². The first-order valence-corrected chi connectivity index (χ1v) is 4.74. The standard InChI is InChI=1S/C9H17NO3/c11-5-3-10(4-6-12)7-9(13)8-1-2-8/h8,11-12H,1-7H2. The van der Waals surface area contributed by atoms with E-state index in [-0.39, 0.29) is 24.9 Å². The second kappa shape index (κ2) is 5.32. The Balaban J connectivity index is 2.22. The number of aliphatic hydroxyl groups is 2. The molecule has 2 N–H and O–H groups in total. The second-order valence-electron chi connectivity index (χ2n) is 3.46. The van der Waals surface area contributed by atoms with Crippen molar-refractivity contribution >= 4 is 5.78 Å². The summed E-state index contributed by atoms with van der Waals surface area (Å²) in [4.78, 5) is 13.2. The smallest absolute Gasteiger partial charge is 0.149 e. The molecule has 0 saturated heterocycles. The van der Waals surface area contributed by atoms with Gasteiger partial charge in [-0.05, 0) is 12.8 Å². The Labute approximate surface area is 78.2 Å². The van der Waals surface area contributed by atoms with Crippen molar-refractivity contribution in [2.24, 2.45) is 5.92 Å². The molecule has 0 radical (unpaired) electrons. The van der Waals surface area contributed by atoms with E-state index >= 15 is 0 Å². The summed E-state index contributed by atoms with van der Waals surface area (Å²) < 4.78 is 0. The molecule has 4 nitrogen and oxygen atoms in total. The Bertz CT molecular complexity index is 162. The van der Waals surface area contributed by atoms with Crippen molar-refractivity contribution in [1.82, 2.24) is 4.90 Å². The third-order valence-corrected chi connectivity index (χ3v) is 2.24. The lowest BCUT2D eigenvalue weighted by molar-refractivity contribution is -0.121. The highest BCUT2D eigenvalue weighted by atomic mass is 16.3. The largest absolute Gasteiger partial charge is 0.395 e. The summed E-state index contributed by atoms with van der Waals surface area (Å²) in [6.07, 6.45) is 2.04. The van der Waals surface area contributed by atoms with Gasteiger partial charge in [0, 0.05) is 19.0 Å². The van der Waals surface area contributed by atoms with Crippen LogP contribution in [0.3, 0.4) is 0 Å². The lowest BCUT2D eigenvalue weighted by atomic mass is 10.2. The number of hydrogen-bond donors (Lipinski definition) is 2. The molecule has 0 atom stereocenters. The van der Waals surface area contributed by atoms with Crippen LogP contribution in [0, 0.1) is 5.92 Å². The lowest BCUT2D eigenvalue weighted by Gasteiger charge is -2.18. The summed E-state index contributed by atoms with van der Waals surface area (Å²) in [5.41, 5.74) is 0. The van der Waals surface area contributed by atoms with Crippen LogP contribution in [0.15, 0.2) is 0 Å². The van der Waals surface area contributed by atoms with Crippen molar-refractivity contribution in [2.45, 2.75) is 12.8 Å². The van der Waals surface area contributed by atoms with Gasteiger partial charge in [-0.25, -0.2) is 0 Å². The number of nitrogens with zero attached hydrogens (tertiary/aromatic N) is 1. The van der Waals surface area contributed by atoms with Crippen molar-refractivity contribution < 1.29 is 15.0 Å². The van der Waals surface area contributed by atoms with Gasteiger partial charge >= 0.3 is 0 Å². The number of hydrogen-bond acceptors (Lipinski definition) is 4. The van der Waals surface area contributed by atoms with Crippen molar-refractivity contribution in [1.29, 1.82) is 0 Å². The Morgan fingerprint density at radius 3 is 2.15 bits per heavy atom. The molecule has 76 valence electrons. The minimum atomic E-state index is 0.0396. The zero-order valence-corrected chi connectivity index (χ0v) is 7.78. The van der Waals surface area contributed by atoms with E-state index in [0.29, 0.717) is 19.6 Å². The Morgan fingerprint density at radius 2 is 1.77 bits per heavy atom. The minimum Gasteiger partial charge on any atom is -0.395 e. The first-order chi connectivity index (χ1) is 6.27. The average molecular weight is 187 g/mol. The van der Waals surface area contributed by atoms with Gasteiger partial charge in [0.15, 0.2) is 0 Å². The van der Waals surface area contributed by atoms with Gasteiger partial charge in [0.1, 0.15) is 5.78 Å². The molecular weight excluding hydrogens is 170 g/mol. The fourth-order valence-corrected chi connectivity index (χ4v) is 1.31. The summed E-state index contributed by atoms with van der Waals surface area (Å²) in [5.74, 6) is 0.516. The number of Topliss-reactive ketones (excluding diaryl/α,β-unsaturated/α-hetero) is 1. The SMILES string of the molecule is O=C(CN(CCO)CCO)C1CC1. The van der Waals surface area contributed by atoms with Crippen LogP contribution in [0.2, 0.25) is 0 Å². The van der Waals surface area contributed by atoms with Gasteiger partial charge in [-0.2, -0.15) is 0 Å². The highest BCUT2D eigenvalue weighted by Crippen LogP contribution is 2.29. The van der Waals surface area contributed by atoms with E-state index in [1.165, 1.54) is 0 Å². The van der Waals surface area contributed by atoms with Gasteiger partial charge in [-0.1, -0.05) is 0 Å². The van der Waals surface area contributed by atoms with Gasteiger partial charge in [0.25, 0.3) is 0 Å². The Kier molecular flexibility index (Phi) is 4.35. The summed E-state index contributed by atoms with van der Waals surface area (Å²) in [6.45, 7) is 1.40. The quantitative estimate of drug-likeness (QED) is 0.550. The van der Waals surface area contributed by atoms with E-state index < -0.39 is 0 Å². The number of aliphatic hydroxyl groups excluding tert-OH is 2. The highest BCUT2D eigenvalue weighted by molar-refractivity contribution is 5.84. The molecule has 0 spiro atoms. The van der Waals surface area contributed by atoms with Gasteiger partial charge in [-0.3, -0.25) is 9.69 Å². The van der Waals surface area contributed by atoms with Gasteiger partial charge in [-0.15, -0.1) is 0 Å². The molecule has 1 aliphatic carbocycles. The van der Waals surface area contributed by atoms with Crippen LogP contribution < -0.4 is 0 Å². The third kappa shape index (κ3) is 3.85. The maximum absolute atomic E-state index is 11.4. The molecule has 0 aromatic carbocycles. The van der Waals surface area contributed by atoms with Gasteiger partial charge in [0.05, 0.1) is 19.8 Å². The van der Waals surface area contributed by atoms with Crippen molar-refractivity contribution in [3.63, 3.8) is 0 Å². The molecule has 1 rings (SSSR count). The average Bonchev–Trinajstić information content (AvgIpc) is 2.87. The van der Waals surface area contributed by atoms with E-state index in [0.717, 1.165) is 12.8 Å². The van der Waals surface area contributed by atoms with E-state index in [1.54, 1.807) is 4.90 Å². The molecule has 4 heteroatoms. The first-order valence-electron chi connectivity index (χ1n) is 4.74. The number of rotatable bonds is 7. The number of ketones is 1. The van der Waals surface area contributed by atoms with Crippen LogP contribution >= 0.6 is 0 Å². The fourth-order valence-electron chi connectivity index (χ4n) is 1.31. The predicted molar refractivity (Wildman–Crippen MR) is 48.3 cm³/mol. The number of carbonyl (C=O) groups excluding carboxylic acids is 1. The third-order valence-electron chi connectivity index (χ3n) is 2.24. The lowest BCUT2D eigenvalue weighted by Crippen LogP contribution is -2.35. The summed E-state index contributed by atoms with van der Waals surface area (Å²) >= 11 is 0. The van der Waals surface area contributed by atoms with E-state index in [2.05, 4.69) is 0 Å². The molecule has 1 fully saturated rings. The van der Waals surface area contributed by atoms with Gasteiger partial charge in [0.2, 0.25) is 0 Å². The number of carbonyl (C=O) groups is 1. The molecule has 0 unspecified atom stereocenters. The second-order valence-corrected chi connectivity index (χ2v) is 3.46. The first kappa shape index (κ1) is 10.6. The van der Waals surface area contributed by atoms with Crippen LogP contribution in [-0.4, -0.2) is 53.7 Å². The van der Waals surface area contributed by atoms with Crippen LogP contribution in [0.4, 0.5) is 0 Å². The van der Waals surface area contributed by atoms with Gasteiger partial charge < -0.3 is 10.2 Å². The molecule has 0 heterocycles. The maximum atomic E-state index is 11.4. The van der Waals surface area contributed by atoms with Crippen LogP contribution in [0.1, 0.15) is 12.8 Å². The monoisotopic (exact) mass is 187 g/mol. The van der Waals surface area contributed by atoms with E-state index in [4.69, 9.17) is 10.2 Å². The molecule has 0 amide bonds. The zero-order chi connectivity index (χ0) is 9.68. The molecule has 1 saturated carbocycles. The molecular formula is C9H17NO3. The fraction of sp³-hybridized carbons (Fsp3) is 0.889. The summed E-state index contributed by atoms with van der Waals surface area (Å²) in [7, 11) is 0. The molecule has 0 aromatic heterocycles. The minimum absolute atomic E-state index is 0.0396. The molecule has 0 bridgehead atoms. The van der Waals surface area contributed by atoms with Crippen LogP contribution in [-0.2, 0) is 4.79 Å². The normalized spacial score (nSPS) is 16.5.